The van der Waals surface area contributed by atoms with Crippen LogP contribution < -0.4 is 0 Å². The molecule has 84 valence electrons. The first-order chi connectivity index (χ1) is 7.65. The first-order valence-corrected chi connectivity index (χ1v) is 5.83. The van der Waals surface area contributed by atoms with Gasteiger partial charge in [-0.3, -0.25) is 0 Å². The van der Waals surface area contributed by atoms with Gasteiger partial charge in [-0.2, -0.15) is 0 Å². The SMILES string of the molecule is CC(O)Cc1cnc(-c2ccc(Br)cc2)o1. The second kappa shape index (κ2) is 4.80. The van der Waals surface area contributed by atoms with E-state index in [0.717, 1.165) is 10.0 Å². The van der Waals surface area contributed by atoms with Crippen molar-refractivity contribution >= 4 is 15.9 Å². The lowest BCUT2D eigenvalue weighted by molar-refractivity contribution is 0.187. The van der Waals surface area contributed by atoms with Crippen LogP contribution in [0.2, 0.25) is 0 Å². The fourth-order valence-electron chi connectivity index (χ4n) is 1.42. The highest BCUT2D eigenvalue weighted by atomic mass is 79.9. The van der Waals surface area contributed by atoms with Gasteiger partial charge in [-0.1, -0.05) is 15.9 Å². The van der Waals surface area contributed by atoms with Gasteiger partial charge in [-0.05, 0) is 31.2 Å². The number of aliphatic hydroxyl groups is 1. The van der Waals surface area contributed by atoms with Crippen molar-refractivity contribution in [2.75, 3.05) is 0 Å². The van der Waals surface area contributed by atoms with Crippen LogP contribution in [0.25, 0.3) is 11.5 Å². The number of hydrogen-bond donors (Lipinski definition) is 1. The Hall–Kier alpha value is -1.13. The molecule has 1 N–H and O–H groups in total. The van der Waals surface area contributed by atoms with Crippen LogP contribution in [0.3, 0.4) is 0 Å². The van der Waals surface area contributed by atoms with Crippen molar-refractivity contribution < 1.29 is 9.52 Å². The van der Waals surface area contributed by atoms with Crippen LogP contribution in [0.4, 0.5) is 0 Å². The van der Waals surface area contributed by atoms with E-state index in [1.54, 1.807) is 13.1 Å². The topological polar surface area (TPSA) is 46.3 Å². The molecule has 3 nitrogen and oxygen atoms in total. The van der Waals surface area contributed by atoms with Crippen LogP contribution in [-0.2, 0) is 6.42 Å². The summed E-state index contributed by atoms with van der Waals surface area (Å²) >= 11 is 3.37. The molecule has 0 saturated carbocycles. The normalized spacial score (nSPS) is 12.7. The highest BCUT2D eigenvalue weighted by molar-refractivity contribution is 9.10. The Kier molecular flexibility index (Phi) is 3.41. The molecular weight excluding hydrogens is 270 g/mol. The molecule has 0 saturated heterocycles. The van der Waals surface area contributed by atoms with Crippen molar-refractivity contribution in [1.29, 1.82) is 0 Å². The average molecular weight is 282 g/mol. The summed E-state index contributed by atoms with van der Waals surface area (Å²) in [6.07, 6.45) is 1.74. The van der Waals surface area contributed by atoms with E-state index in [4.69, 9.17) is 4.42 Å². The van der Waals surface area contributed by atoms with Gasteiger partial charge in [0.2, 0.25) is 5.89 Å². The van der Waals surface area contributed by atoms with Crippen LogP contribution in [-0.4, -0.2) is 16.2 Å². The van der Waals surface area contributed by atoms with E-state index in [1.165, 1.54) is 0 Å². The largest absolute Gasteiger partial charge is 0.441 e. The Morgan fingerprint density at radius 2 is 2.06 bits per heavy atom. The number of aromatic nitrogens is 1. The number of rotatable bonds is 3. The molecule has 1 atom stereocenters. The summed E-state index contributed by atoms with van der Waals surface area (Å²) in [6, 6.07) is 7.74. The van der Waals surface area contributed by atoms with Crippen LogP contribution in [0, 0.1) is 0 Å². The number of oxazole rings is 1. The molecule has 1 unspecified atom stereocenters. The molecule has 1 aromatic heterocycles. The van der Waals surface area contributed by atoms with E-state index in [0.29, 0.717) is 18.1 Å². The molecule has 2 aromatic rings. The molecule has 1 heterocycles. The Labute approximate surface area is 102 Å². The number of nitrogens with zero attached hydrogens (tertiary/aromatic N) is 1. The van der Waals surface area contributed by atoms with Gasteiger partial charge in [0.25, 0.3) is 0 Å². The van der Waals surface area contributed by atoms with E-state index in [2.05, 4.69) is 20.9 Å². The summed E-state index contributed by atoms with van der Waals surface area (Å²) in [7, 11) is 0. The first-order valence-electron chi connectivity index (χ1n) is 5.04. The van der Waals surface area contributed by atoms with Gasteiger partial charge in [0.1, 0.15) is 5.76 Å². The lowest BCUT2D eigenvalue weighted by Gasteiger charge is -1.99. The van der Waals surface area contributed by atoms with Crippen molar-refractivity contribution in [2.45, 2.75) is 19.4 Å². The summed E-state index contributed by atoms with van der Waals surface area (Å²) in [4.78, 5) is 4.18. The maximum absolute atomic E-state index is 9.23. The van der Waals surface area contributed by atoms with Crippen molar-refractivity contribution in [3.63, 3.8) is 0 Å². The van der Waals surface area contributed by atoms with Gasteiger partial charge < -0.3 is 9.52 Å². The molecule has 0 fully saturated rings. The minimum Gasteiger partial charge on any atom is -0.441 e. The van der Waals surface area contributed by atoms with Crippen molar-refractivity contribution in [3.8, 4) is 11.5 Å². The zero-order valence-electron chi connectivity index (χ0n) is 8.85. The smallest absolute Gasteiger partial charge is 0.226 e. The van der Waals surface area contributed by atoms with Crippen LogP contribution in [0.5, 0.6) is 0 Å². The number of aliphatic hydroxyl groups excluding tert-OH is 1. The predicted octanol–water partition coefficient (Wildman–Crippen LogP) is 3.03. The van der Waals surface area contributed by atoms with Gasteiger partial charge in [-0.15, -0.1) is 0 Å². The third-order valence-electron chi connectivity index (χ3n) is 2.14. The highest BCUT2D eigenvalue weighted by Gasteiger charge is 2.08. The molecule has 0 aliphatic rings. The second-order valence-corrected chi connectivity index (χ2v) is 4.61. The summed E-state index contributed by atoms with van der Waals surface area (Å²) in [5.74, 6) is 1.29. The Morgan fingerprint density at radius 1 is 1.38 bits per heavy atom. The molecule has 1 aromatic carbocycles. The lowest BCUT2D eigenvalue weighted by atomic mass is 10.2. The molecule has 0 aliphatic carbocycles. The Morgan fingerprint density at radius 3 is 2.69 bits per heavy atom. The van der Waals surface area contributed by atoms with E-state index in [-0.39, 0.29) is 0 Å². The zero-order valence-corrected chi connectivity index (χ0v) is 10.4. The highest BCUT2D eigenvalue weighted by Crippen LogP contribution is 2.21. The molecule has 16 heavy (non-hydrogen) atoms. The van der Waals surface area contributed by atoms with Crippen LogP contribution in [0.1, 0.15) is 12.7 Å². The summed E-state index contributed by atoms with van der Waals surface area (Å²) in [5.41, 5.74) is 0.931. The number of halogens is 1. The molecule has 0 radical (unpaired) electrons. The molecule has 0 spiro atoms. The van der Waals surface area contributed by atoms with Crippen molar-refractivity contribution in [2.24, 2.45) is 0 Å². The van der Waals surface area contributed by atoms with Gasteiger partial charge >= 0.3 is 0 Å². The van der Waals surface area contributed by atoms with Gasteiger partial charge in [-0.25, -0.2) is 4.98 Å². The molecule has 0 amide bonds. The second-order valence-electron chi connectivity index (χ2n) is 3.69. The quantitative estimate of drug-likeness (QED) is 0.941. The summed E-state index contributed by atoms with van der Waals surface area (Å²) in [6.45, 7) is 1.72. The Balaban J connectivity index is 2.21. The van der Waals surface area contributed by atoms with E-state index < -0.39 is 6.10 Å². The number of hydrogen-bond acceptors (Lipinski definition) is 3. The molecule has 4 heteroatoms. The monoisotopic (exact) mass is 281 g/mol. The van der Waals surface area contributed by atoms with E-state index >= 15 is 0 Å². The minimum atomic E-state index is -0.411. The standard InChI is InChI=1S/C12H12BrNO2/c1-8(15)6-11-7-14-12(16-11)9-2-4-10(13)5-3-9/h2-5,7-8,15H,6H2,1H3. The molecule has 0 bridgehead atoms. The van der Waals surface area contributed by atoms with Crippen molar-refractivity contribution in [3.05, 3.63) is 40.7 Å². The summed E-state index contributed by atoms with van der Waals surface area (Å²) < 4.78 is 6.55. The first kappa shape index (κ1) is 11.4. The Bertz CT molecular complexity index is 462. The number of benzene rings is 1. The maximum atomic E-state index is 9.23. The van der Waals surface area contributed by atoms with Crippen molar-refractivity contribution in [1.82, 2.24) is 4.98 Å². The van der Waals surface area contributed by atoms with Gasteiger partial charge in [0, 0.05) is 16.5 Å². The maximum Gasteiger partial charge on any atom is 0.226 e. The van der Waals surface area contributed by atoms with E-state index in [9.17, 15) is 5.11 Å². The molecule has 0 aliphatic heterocycles. The van der Waals surface area contributed by atoms with Gasteiger partial charge in [0.05, 0.1) is 12.3 Å². The molecule has 2 rings (SSSR count). The summed E-state index contributed by atoms with van der Waals surface area (Å²) in [5, 5.41) is 9.23. The van der Waals surface area contributed by atoms with Crippen LogP contribution >= 0.6 is 15.9 Å². The molecular formula is C12H12BrNO2. The van der Waals surface area contributed by atoms with Crippen LogP contribution in [0.15, 0.2) is 39.4 Å². The van der Waals surface area contributed by atoms with E-state index in [1.807, 2.05) is 24.3 Å². The lowest BCUT2D eigenvalue weighted by Crippen LogP contribution is -2.02. The minimum absolute atomic E-state index is 0.411. The predicted molar refractivity (Wildman–Crippen MR) is 65.0 cm³/mol. The zero-order chi connectivity index (χ0) is 11.5. The average Bonchev–Trinajstić information content (AvgIpc) is 2.66. The fourth-order valence-corrected chi connectivity index (χ4v) is 1.68. The fraction of sp³-hybridized carbons (Fsp3) is 0.250. The third-order valence-corrected chi connectivity index (χ3v) is 2.67. The van der Waals surface area contributed by atoms with Gasteiger partial charge in [0.15, 0.2) is 0 Å². The third kappa shape index (κ3) is 2.71.